The van der Waals surface area contributed by atoms with Crippen molar-refractivity contribution in [1.29, 1.82) is 0 Å². The zero-order valence-corrected chi connectivity index (χ0v) is 23.2. The lowest BCUT2D eigenvalue weighted by Gasteiger charge is -2.42. The third-order valence-corrected chi connectivity index (χ3v) is 9.63. The maximum Gasteiger partial charge on any atom is 0.238 e. The molecule has 4 aliphatic rings. The van der Waals surface area contributed by atoms with E-state index < -0.39 is 23.7 Å². The van der Waals surface area contributed by atoms with Gasteiger partial charge in [0.15, 0.2) is 11.6 Å². The van der Waals surface area contributed by atoms with Gasteiger partial charge in [-0.1, -0.05) is 65.7 Å². The first-order valence-electron chi connectivity index (χ1n) is 13.7. The molecule has 2 amide bonds. The van der Waals surface area contributed by atoms with E-state index in [-0.39, 0.29) is 35.6 Å². The minimum atomic E-state index is -0.708. The number of hydrogen-bond acceptors (Lipinski definition) is 5. The van der Waals surface area contributed by atoms with Gasteiger partial charge >= 0.3 is 0 Å². The van der Waals surface area contributed by atoms with Gasteiger partial charge in [0, 0.05) is 38.6 Å². The number of ketones is 2. The maximum absolute atomic E-state index is 14.1. The zero-order chi connectivity index (χ0) is 28.7. The fraction of sp³-hybridized carbons (Fsp3) is 0.235. The number of amides is 2. The summed E-state index contributed by atoms with van der Waals surface area (Å²) in [5.74, 6) is -3.54. The number of rotatable bonds is 2. The largest absolute Gasteiger partial charge is 0.507 e. The van der Waals surface area contributed by atoms with E-state index in [1.807, 2.05) is 43.3 Å². The molecule has 1 fully saturated rings. The van der Waals surface area contributed by atoms with E-state index in [2.05, 4.69) is 0 Å². The summed E-state index contributed by atoms with van der Waals surface area (Å²) in [6.45, 7) is 3.48. The van der Waals surface area contributed by atoms with Crippen LogP contribution in [-0.2, 0) is 19.2 Å². The number of Topliss-reactive ketones (excluding diaryl/α,β-unsaturated/α-hetero) is 1. The highest BCUT2D eigenvalue weighted by molar-refractivity contribution is 6.32. The molecule has 3 aliphatic carbocycles. The molecule has 7 heteroatoms. The Morgan fingerprint density at radius 2 is 1.71 bits per heavy atom. The quantitative estimate of drug-likeness (QED) is 0.230. The van der Waals surface area contributed by atoms with Gasteiger partial charge < -0.3 is 5.11 Å². The van der Waals surface area contributed by atoms with Gasteiger partial charge in [0.25, 0.3) is 0 Å². The normalized spacial score (nSPS) is 25.7. The Balaban J connectivity index is 1.39. The lowest BCUT2D eigenvalue weighted by atomic mass is 9.59. The average Bonchev–Trinajstić information content (AvgIpc) is 3.22. The highest BCUT2D eigenvalue weighted by Gasteiger charge is 2.56. The molecule has 0 aromatic heterocycles. The molecule has 204 valence electrons. The summed E-state index contributed by atoms with van der Waals surface area (Å²) in [4.78, 5) is 56.0. The van der Waals surface area contributed by atoms with Gasteiger partial charge in [0.05, 0.1) is 17.5 Å². The number of imide groups is 1. The molecule has 1 aliphatic heterocycles. The van der Waals surface area contributed by atoms with Gasteiger partial charge in [-0.2, -0.15) is 0 Å². The van der Waals surface area contributed by atoms with Crippen LogP contribution in [0.3, 0.4) is 0 Å². The van der Waals surface area contributed by atoms with Crippen LogP contribution in [0, 0.1) is 24.7 Å². The van der Waals surface area contributed by atoms with E-state index in [9.17, 15) is 24.3 Å². The summed E-state index contributed by atoms with van der Waals surface area (Å²) in [7, 11) is 0. The van der Waals surface area contributed by atoms with Gasteiger partial charge in [-0.15, -0.1) is 0 Å². The number of hydrogen-bond donors (Lipinski definition) is 1. The van der Waals surface area contributed by atoms with E-state index >= 15 is 0 Å². The van der Waals surface area contributed by atoms with Crippen LogP contribution in [0.1, 0.15) is 36.8 Å². The molecular formula is C34H26ClNO5. The van der Waals surface area contributed by atoms with Crippen LogP contribution in [0.25, 0.3) is 10.8 Å². The second kappa shape index (κ2) is 9.11. The first kappa shape index (κ1) is 25.7. The Bertz CT molecular complexity index is 1850. The summed E-state index contributed by atoms with van der Waals surface area (Å²) in [6.07, 6.45) is 3.82. The second-order valence-corrected chi connectivity index (χ2v) is 11.8. The second-order valence-electron chi connectivity index (χ2n) is 11.4. The number of allylic oxidation sites excluding steroid dienone is 6. The minimum absolute atomic E-state index is 0.0424. The SMILES string of the molecule is CC1=CC(=O)C2=C(C1=O)C(c1ccc3ccccc3c1O)C1=CCC3C(=O)N(c4ccc(C)c(Cl)c4)C(=O)C3C1C2. The topological polar surface area (TPSA) is 91.8 Å². The Hall–Kier alpha value is -4.29. The molecule has 0 spiro atoms. The standard InChI is InChI=1S/C34H26ClNO5/c1-16-7-9-19(14-26(16)35)36-33(40)23-12-11-21-24(29(23)34(36)41)15-25-27(37)13-17(2)31(38)30(25)28(21)22-10-8-18-5-3-4-6-20(18)32(22)39/h3-11,13-14,23-24,28-29,39H,12,15H2,1-2H3. The first-order chi connectivity index (χ1) is 19.7. The monoisotopic (exact) mass is 563 g/mol. The number of phenols is 1. The lowest BCUT2D eigenvalue weighted by molar-refractivity contribution is -0.123. The molecule has 0 bridgehead atoms. The summed E-state index contributed by atoms with van der Waals surface area (Å²) in [5, 5.41) is 13.5. The van der Waals surface area contributed by atoms with E-state index in [1.54, 1.807) is 31.2 Å². The van der Waals surface area contributed by atoms with E-state index in [1.165, 1.54) is 11.0 Å². The van der Waals surface area contributed by atoms with E-state index in [0.717, 1.165) is 16.5 Å². The van der Waals surface area contributed by atoms with Crippen LogP contribution >= 0.6 is 11.6 Å². The number of anilines is 1. The number of carbonyl (C=O) groups is 4. The van der Waals surface area contributed by atoms with Crippen molar-refractivity contribution in [2.75, 3.05) is 4.90 Å². The molecule has 41 heavy (non-hydrogen) atoms. The number of benzene rings is 3. The van der Waals surface area contributed by atoms with Crippen molar-refractivity contribution in [1.82, 2.24) is 0 Å². The molecule has 4 atom stereocenters. The van der Waals surface area contributed by atoms with Gasteiger partial charge in [0.1, 0.15) is 5.75 Å². The third-order valence-electron chi connectivity index (χ3n) is 9.22. The van der Waals surface area contributed by atoms with Crippen molar-refractivity contribution in [3.8, 4) is 5.75 Å². The number of aryl methyl sites for hydroxylation is 1. The molecule has 4 unspecified atom stereocenters. The lowest BCUT2D eigenvalue weighted by Crippen LogP contribution is -2.39. The van der Waals surface area contributed by atoms with Gasteiger partial charge in [-0.3, -0.25) is 19.2 Å². The fourth-order valence-electron chi connectivity index (χ4n) is 7.20. The van der Waals surface area contributed by atoms with Crippen LogP contribution in [0.15, 0.2) is 89.0 Å². The number of phenolic OH excluding ortho intramolecular Hbond substituents is 1. The molecule has 0 radical (unpaired) electrons. The molecule has 1 N–H and O–H groups in total. The molecule has 3 aromatic carbocycles. The molecule has 3 aromatic rings. The smallest absolute Gasteiger partial charge is 0.238 e. The zero-order valence-electron chi connectivity index (χ0n) is 22.5. The van der Waals surface area contributed by atoms with Crippen molar-refractivity contribution in [3.63, 3.8) is 0 Å². The first-order valence-corrected chi connectivity index (χ1v) is 14.1. The van der Waals surface area contributed by atoms with Gasteiger partial charge in [-0.05, 0) is 61.8 Å². The van der Waals surface area contributed by atoms with Gasteiger partial charge in [0.2, 0.25) is 11.8 Å². The van der Waals surface area contributed by atoms with E-state index in [4.69, 9.17) is 11.6 Å². The van der Waals surface area contributed by atoms with Gasteiger partial charge in [-0.25, -0.2) is 4.90 Å². The van der Waals surface area contributed by atoms with Crippen molar-refractivity contribution in [3.05, 3.63) is 105 Å². The Kier molecular flexibility index (Phi) is 5.70. The predicted molar refractivity (Wildman–Crippen MR) is 156 cm³/mol. The highest BCUT2D eigenvalue weighted by atomic mass is 35.5. The van der Waals surface area contributed by atoms with Crippen molar-refractivity contribution >= 4 is 51.4 Å². The summed E-state index contributed by atoms with van der Waals surface area (Å²) >= 11 is 6.35. The van der Waals surface area contributed by atoms with Crippen LogP contribution in [0.4, 0.5) is 5.69 Å². The van der Waals surface area contributed by atoms with E-state index in [0.29, 0.717) is 44.8 Å². The van der Waals surface area contributed by atoms with Crippen LogP contribution in [0.5, 0.6) is 5.75 Å². The number of carbonyl (C=O) groups excluding carboxylic acids is 4. The number of halogens is 1. The average molecular weight is 564 g/mol. The predicted octanol–water partition coefficient (Wildman–Crippen LogP) is 6.14. The molecule has 1 heterocycles. The van der Waals surface area contributed by atoms with Crippen LogP contribution < -0.4 is 4.90 Å². The minimum Gasteiger partial charge on any atom is -0.507 e. The third kappa shape index (κ3) is 3.63. The van der Waals surface area contributed by atoms with Crippen molar-refractivity contribution in [2.45, 2.75) is 32.6 Å². The Morgan fingerprint density at radius 1 is 0.927 bits per heavy atom. The number of aromatic hydroxyl groups is 1. The van der Waals surface area contributed by atoms with Crippen molar-refractivity contribution in [2.24, 2.45) is 17.8 Å². The van der Waals surface area contributed by atoms with Crippen LogP contribution in [-0.4, -0.2) is 28.5 Å². The maximum atomic E-state index is 14.1. The Morgan fingerprint density at radius 3 is 2.49 bits per heavy atom. The fourth-order valence-corrected chi connectivity index (χ4v) is 7.37. The highest BCUT2D eigenvalue weighted by Crippen LogP contribution is 2.57. The molecular weight excluding hydrogens is 538 g/mol. The summed E-state index contributed by atoms with van der Waals surface area (Å²) in [6, 6.07) is 16.3. The number of fused-ring (bicyclic) bond motifs is 4. The molecule has 6 nitrogen and oxygen atoms in total. The van der Waals surface area contributed by atoms with Crippen molar-refractivity contribution < 1.29 is 24.3 Å². The number of nitrogens with zero attached hydrogens (tertiary/aromatic N) is 1. The summed E-state index contributed by atoms with van der Waals surface area (Å²) < 4.78 is 0. The summed E-state index contributed by atoms with van der Waals surface area (Å²) in [5.41, 5.74) is 3.65. The molecule has 7 rings (SSSR count). The molecule has 1 saturated heterocycles. The Labute approximate surface area is 241 Å². The van der Waals surface area contributed by atoms with Crippen LogP contribution in [0.2, 0.25) is 5.02 Å². The molecule has 0 saturated carbocycles.